The fourth-order valence-corrected chi connectivity index (χ4v) is 5.05. The van der Waals surface area contributed by atoms with Gasteiger partial charge in [0.15, 0.2) is 0 Å². The summed E-state index contributed by atoms with van der Waals surface area (Å²) in [7, 11) is 0. The third-order valence-corrected chi connectivity index (χ3v) is 6.94. The molecule has 0 bridgehead atoms. The van der Waals surface area contributed by atoms with E-state index in [-0.39, 0.29) is 29.8 Å². The van der Waals surface area contributed by atoms with E-state index in [1.165, 1.54) is 11.3 Å². The van der Waals surface area contributed by atoms with E-state index in [0.29, 0.717) is 21.2 Å². The van der Waals surface area contributed by atoms with Gasteiger partial charge in [0.1, 0.15) is 0 Å². The van der Waals surface area contributed by atoms with Crippen LogP contribution in [0.4, 0.5) is 5.69 Å². The minimum absolute atomic E-state index is 0.104. The molecule has 158 valence electrons. The van der Waals surface area contributed by atoms with Crippen LogP contribution in [0.15, 0.2) is 36.4 Å². The molecule has 1 unspecified atom stereocenters. The van der Waals surface area contributed by atoms with Gasteiger partial charge in [0, 0.05) is 36.3 Å². The molecule has 8 heteroatoms. The van der Waals surface area contributed by atoms with Crippen molar-refractivity contribution in [1.29, 1.82) is 0 Å². The first kappa shape index (κ1) is 20.9. The van der Waals surface area contributed by atoms with Gasteiger partial charge in [0.05, 0.1) is 9.21 Å². The lowest BCUT2D eigenvalue weighted by Crippen LogP contribution is -2.48. The molecule has 2 atom stereocenters. The summed E-state index contributed by atoms with van der Waals surface area (Å²) < 4.78 is 0.575. The third-order valence-electron chi connectivity index (χ3n) is 5.71. The number of carbonyl (C=O) groups is 3. The van der Waals surface area contributed by atoms with Gasteiger partial charge in [-0.2, -0.15) is 0 Å². The first-order valence-electron chi connectivity index (χ1n) is 10.3. The van der Waals surface area contributed by atoms with Crippen molar-refractivity contribution in [3.05, 3.63) is 51.2 Å². The number of anilines is 1. The van der Waals surface area contributed by atoms with E-state index < -0.39 is 0 Å². The highest BCUT2D eigenvalue weighted by Crippen LogP contribution is 2.25. The maximum atomic E-state index is 12.7. The highest BCUT2D eigenvalue weighted by Gasteiger charge is 2.30. The topological polar surface area (TPSA) is 78.5 Å². The van der Waals surface area contributed by atoms with Crippen LogP contribution in [-0.2, 0) is 4.79 Å². The Balaban J connectivity index is 1.36. The largest absolute Gasteiger partial charge is 0.347 e. The predicted octanol–water partition coefficient (Wildman–Crippen LogP) is 4.00. The second kappa shape index (κ2) is 9.18. The molecule has 4 rings (SSSR count). The lowest BCUT2D eigenvalue weighted by molar-refractivity contribution is -0.119. The number of piperidine rings is 1. The number of amides is 3. The quantitative estimate of drug-likeness (QED) is 0.730. The Morgan fingerprint density at radius 1 is 0.933 bits per heavy atom. The van der Waals surface area contributed by atoms with Crippen LogP contribution in [0.3, 0.4) is 0 Å². The van der Waals surface area contributed by atoms with Gasteiger partial charge in [0.25, 0.3) is 11.8 Å². The Kier molecular flexibility index (Phi) is 6.39. The van der Waals surface area contributed by atoms with Gasteiger partial charge in [-0.25, -0.2) is 0 Å². The van der Waals surface area contributed by atoms with Crippen molar-refractivity contribution in [3.8, 4) is 0 Å². The summed E-state index contributed by atoms with van der Waals surface area (Å²) in [5.41, 5.74) is 1.38. The first-order valence-corrected chi connectivity index (χ1v) is 11.5. The fourth-order valence-electron chi connectivity index (χ4n) is 4.10. The summed E-state index contributed by atoms with van der Waals surface area (Å²) in [5.74, 6) is -0.194. The van der Waals surface area contributed by atoms with Crippen LogP contribution in [0.5, 0.6) is 0 Å². The molecule has 1 aromatic carbocycles. The highest BCUT2D eigenvalue weighted by atomic mass is 35.5. The minimum atomic E-state index is -0.170. The Labute approximate surface area is 184 Å². The molecule has 2 fully saturated rings. The number of benzene rings is 1. The van der Waals surface area contributed by atoms with Crippen molar-refractivity contribution < 1.29 is 14.4 Å². The molecule has 1 saturated carbocycles. The molecule has 2 heterocycles. The summed E-state index contributed by atoms with van der Waals surface area (Å²) in [6.45, 7) is 0.725. The zero-order chi connectivity index (χ0) is 21.1. The van der Waals surface area contributed by atoms with Crippen LogP contribution in [-0.4, -0.2) is 36.3 Å². The average Bonchev–Trinajstić information content (AvgIpc) is 3.37. The third kappa shape index (κ3) is 4.68. The summed E-state index contributed by atoms with van der Waals surface area (Å²) in [4.78, 5) is 39.6. The second-order valence-corrected chi connectivity index (χ2v) is 9.46. The minimum Gasteiger partial charge on any atom is -0.347 e. The van der Waals surface area contributed by atoms with Gasteiger partial charge < -0.3 is 15.5 Å². The van der Waals surface area contributed by atoms with E-state index in [9.17, 15) is 14.4 Å². The van der Waals surface area contributed by atoms with Gasteiger partial charge in [-0.3, -0.25) is 14.4 Å². The maximum absolute atomic E-state index is 12.7. The van der Waals surface area contributed by atoms with Crippen molar-refractivity contribution in [1.82, 2.24) is 10.6 Å². The van der Waals surface area contributed by atoms with E-state index >= 15 is 0 Å². The first-order chi connectivity index (χ1) is 14.5. The lowest BCUT2D eigenvalue weighted by atomic mass is 10.1. The van der Waals surface area contributed by atoms with E-state index in [4.69, 9.17) is 11.6 Å². The number of carbonyl (C=O) groups excluding carboxylic acids is 3. The molecule has 3 amide bonds. The molecule has 30 heavy (non-hydrogen) atoms. The molecule has 1 aliphatic heterocycles. The molecule has 2 aromatic rings. The Morgan fingerprint density at radius 3 is 2.27 bits per heavy atom. The Bertz CT molecular complexity index is 943. The Morgan fingerprint density at radius 2 is 1.63 bits per heavy atom. The van der Waals surface area contributed by atoms with Crippen molar-refractivity contribution in [2.75, 3.05) is 11.4 Å². The molecular weight excluding hydrogens is 422 g/mol. The molecule has 0 radical (unpaired) electrons. The molecule has 1 aliphatic carbocycles. The fraction of sp³-hybridized carbons (Fsp3) is 0.409. The number of halogens is 1. The molecule has 6 nitrogen and oxygen atoms in total. The smallest absolute Gasteiger partial charge is 0.261 e. The standard InChI is InChI=1S/C22H24ClN3O3S/c23-19-12-11-18(30-19)22(29)25-17-5-3-4-16(17)24-21(28)14-7-9-15(10-8-14)26-13-2-1-6-20(26)27/h7-12,16-17H,1-6,13H2,(H,24,28)(H,25,29)/t16?,17-/m1/s1. The Hall–Kier alpha value is -2.38. The van der Waals surface area contributed by atoms with Gasteiger partial charge in [0.2, 0.25) is 5.91 Å². The van der Waals surface area contributed by atoms with Crippen LogP contribution in [0.2, 0.25) is 4.34 Å². The molecule has 1 saturated heterocycles. The number of rotatable bonds is 5. The molecule has 0 spiro atoms. The van der Waals surface area contributed by atoms with E-state index in [1.807, 2.05) is 12.1 Å². The van der Waals surface area contributed by atoms with Gasteiger partial charge in [-0.1, -0.05) is 11.6 Å². The number of nitrogens with one attached hydrogen (secondary N) is 2. The SMILES string of the molecule is O=C(NC1CCC[C@H]1NC(=O)c1ccc(Cl)s1)c1ccc(N2CCCCC2=O)cc1. The molecular formula is C22H24ClN3O3S. The lowest BCUT2D eigenvalue weighted by Gasteiger charge is -2.27. The number of hydrogen-bond acceptors (Lipinski definition) is 4. The molecule has 2 aliphatic rings. The van der Waals surface area contributed by atoms with Crippen LogP contribution < -0.4 is 15.5 Å². The monoisotopic (exact) mass is 445 g/mol. The maximum Gasteiger partial charge on any atom is 0.261 e. The number of hydrogen-bond donors (Lipinski definition) is 2. The van der Waals surface area contributed by atoms with Gasteiger partial charge in [-0.05, 0) is 68.5 Å². The van der Waals surface area contributed by atoms with Crippen molar-refractivity contribution >= 4 is 46.3 Å². The van der Waals surface area contributed by atoms with Gasteiger partial charge >= 0.3 is 0 Å². The van der Waals surface area contributed by atoms with Crippen molar-refractivity contribution in [3.63, 3.8) is 0 Å². The number of thiophene rings is 1. The molecule has 1 aromatic heterocycles. The van der Waals surface area contributed by atoms with Crippen LogP contribution >= 0.6 is 22.9 Å². The summed E-state index contributed by atoms with van der Waals surface area (Å²) in [6, 6.07) is 10.4. The zero-order valence-corrected chi connectivity index (χ0v) is 18.1. The van der Waals surface area contributed by atoms with Crippen molar-refractivity contribution in [2.24, 2.45) is 0 Å². The van der Waals surface area contributed by atoms with Crippen LogP contribution in [0, 0.1) is 0 Å². The summed E-state index contributed by atoms with van der Waals surface area (Å²) in [5, 5.41) is 6.08. The zero-order valence-electron chi connectivity index (χ0n) is 16.5. The van der Waals surface area contributed by atoms with Crippen LogP contribution in [0.25, 0.3) is 0 Å². The summed E-state index contributed by atoms with van der Waals surface area (Å²) in [6.07, 6.45) is 5.11. The number of nitrogens with zero attached hydrogens (tertiary/aromatic N) is 1. The van der Waals surface area contributed by atoms with E-state index in [2.05, 4.69) is 10.6 Å². The average molecular weight is 446 g/mol. The second-order valence-electron chi connectivity index (χ2n) is 7.74. The van der Waals surface area contributed by atoms with E-state index in [1.54, 1.807) is 29.2 Å². The predicted molar refractivity (Wildman–Crippen MR) is 118 cm³/mol. The molecule has 2 N–H and O–H groups in total. The highest BCUT2D eigenvalue weighted by molar-refractivity contribution is 7.18. The van der Waals surface area contributed by atoms with Crippen LogP contribution in [0.1, 0.15) is 58.6 Å². The summed E-state index contributed by atoms with van der Waals surface area (Å²) >= 11 is 7.16. The van der Waals surface area contributed by atoms with E-state index in [0.717, 1.165) is 44.3 Å². The van der Waals surface area contributed by atoms with Crippen molar-refractivity contribution in [2.45, 2.75) is 50.6 Å². The van der Waals surface area contributed by atoms with Gasteiger partial charge in [-0.15, -0.1) is 11.3 Å². The normalized spacial score (nSPS) is 21.5.